The number of nitrogens with zero attached hydrogens (tertiary/aromatic N) is 6. The largest absolute Gasteiger partial charge is 0.358 e. The number of hydrogen-bond acceptors (Lipinski definition) is 7. The molecule has 0 aliphatic carbocycles. The van der Waals surface area contributed by atoms with Gasteiger partial charge in [0, 0.05) is 38.0 Å². The number of sulfonamides is 1. The van der Waals surface area contributed by atoms with E-state index in [1.54, 1.807) is 10.7 Å². The first-order valence-corrected chi connectivity index (χ1v) is 14.3. The summed E-state index contributed by atoms with van der Waals surface area (Å²) in [6.45, 7) is 4.58. The third kappa shape index (κ3) is 4.90. The maximum Gasteiger partial charge on any atom is 0.232 e. The van der Waals surface area contributed by atoms with Gasteiger partial charge in [0.1, 0.15) is 22.7 Å². The average molecular weight is 544 g/mol. The van der Waals surface area contributed by atoms with Crippen LogP contribution < -0.4 is 9.62 Å². The van der Waals surface area contributed by atoms with Crippen molar-refractivity contribution in [1.29, 1.82) is 0 Å². The fraction of sp³-hybridized carbons (Fsp3) is 0.400. The fourth-order valence-corrected chi connectivity index (χ4v) is 5.29. The van der Waals surface area contributed by atoms with Gasteiger partial charge in [-0.05, 0) is 51.3 Å². The second kappa shape index (κ2) is 9.62. The predicted molar refractivity (Wildman–Crippen MR) is 146 cm³/mol. The van der Waals surface area contributed by atoms with Gasteiger partial charge < -0.3 is 10.1 Å². The van der Waals surface area contributed by atoms with Crippen molar-refractivity contribution in [2.75, 3.05) is 29.5 Å². The van der Waals surface area contributed by atoms with Crippen LogP contribution in [-0.2, 0) is 21.8 Å². The zero-order chi connectivity index (χ0) is 26.5. The molecule has 196 valence electrons. The smallest absolute Gasteiger partial charge is 0.232 e. The first kappa shape index (κ1) is 25.5. The Morgan fingerprint density at radius 3 is 2.57 bits per heavy atom. The monoisotopic (exact) mass is 543 g/mol. The Labute approximate surface area is 221 Å². The van der Waals surface area contributed by atoms with E-state index < -0.39 is 10.0 Å². The molecule has 4 heterocycles. The highest BCUT2D eigenvalue weighted by atomic mass is 35.5. The molecule has 37 heavy (non-hydrogen) atoms. The number of nitrogens with one attached hydrogen (secondary N) is 1. The van der Waals surface area contributed by atoms with Gasteiger partial charge in [-0.25, -0.2) is 18.4 Å². The highest BCUT2D eigenvalue weighted by Gasteiger charge is 2.24. The first-order chi connectivity index (χ1) is 17.5. The number of imidazole rings is 1. The quantitative estimate of drug-likeness (QED) is 0.343. The van der Waals surface area contributed by atoms with Crippen molar-refractivity contribution in [3.8, 4) is 11.3 Å². The number of benzene rings is 1. The third-order valence-corrected chi connectivity index (χ3v) is 8.14. The van der Waals surface area contributed by atoms with Crippen LogP contribution in [0.15, 0.2) is 30.3 Å². The molecule has 1 fully saturated rings. The van der Waals surface area contributed by atoms with E-state index in [1.807, 2.05) is 49.7 Å². The lowest BCUT2D eigenvalue weighted by atomic mass is 10.1. The molecule has 1 aliphatic rings. The van der Waals surface area contributed by atoms with E-state index in [0.717, 1.165) is 42.0 Å². The Balaban J connectivity index is 1.61. The van der Waals surface area contributed by atoms with Crippen LogP contribution in [0.2, 0.25) is 5.15 Å². The molecule has 1 saturated heterocycles. The zero-order valence-electron chi connectivity index (χ0n) is 21.5. The molecule has 12 heteroatoms. The summed E-state index contributed by atoms with van der Waals surface area (Å²) in [5, 5.41) is 8.22. The molecule has 1 atom stereocenters. The Bertz CT molecular complexity index is 1570. The van der Waals surface area contributed by atoms with Gasteiger partial charge in [-0.15, -0.1) is 0 Å². The summed E-state index contributed by atoms with van der Waals surface area (Å²) in [4.78, 5) is 9.35. The molecule has 0 amide bonds. The van der Waals surface area contributed by atoms with Crippen molar-refractivity contribution < 1.29 is 13.2 Å². The molecular weight excluding hydrogens is 514 g/mol. The topological polar surface area (TPSA) is 107 Å². The normalized spacial score (nSPS) is 16.3. The molecule has 0 saturated carbocycles. The standard InChI is InChI=1S/C25H30ClN7O3S/c1-15-12-19(30-31(15)3)17-9-10-18(21(13-17)32(4)37(5,34)35)28-20-14-22(26)29-25-24(20)27-16(2)33(25)23-8-6-7-11-36-23/h9-10,12-14,23H,6-8,11H2,1-5H3,(H,28,29). The first-order valence-electron chi connectivity index (χ1n) is 12.1. The van der Waals surface area contributed by atoms with Crippen molar-refractivity contribution in [2.24, 2.45) is 7.05 Å². The molecule has 1 N–H and O–H groups in total. The van der Waals surface area contributed by atoms with Gasteiger partial charge in [-0.2, -0.15) is 5.10 Å². The fourth-order valence-electron chi connectivity index (χ4n) is 4.59. The highest BCUT2D eigenvalue weighted by Crippen LogP contribution is 2.37. The minimum Gasteiger partial charge on any atom is -0.358 e. The van der Waals surface area contributed by atoms with Crippen molar-refractivity contribution in [2.45, 2.75) is 39.3 Å². The van der Waals surface area contributed by atoms with Crippen LogP contribution >= 0.6 is 11.6 Å². The molecule has 1 aliphatic heterocycles. The van der Waals surface area contributed by atoms with Gasteiger partial charge in [-0.3, -0.25) is 13.6 Å². The molecular formula is C25H30ClN7O3S. The van der Waals surface area contributed by atoms with Crippen LogP contribution in [0.5, 0.6) is 0 Å². The molecule has 0 bridgehead atoms. The van der Waals surface area contributed by atoms with Crippen molar-refractivity contribution in [3.63, 3.8) is 0 Å². The SMILES string of the molecule is Cc1cc(-c2ccc(Nc3cc(Cl)nc4c3nc(C)n4C3CCCCO3)c(N(C)S(C)(=O)=O)c2)nn1C. The molecule has 3 aromatic heterocycles. The van der Waals surface area contributed by atoms with E-state index in [1.165, 1.54) is 17.6 Å². The third-order valence-electron chi connectivity index (χ3n) is 6.75. The Morgan fingerprint density at radius 2 is 1.92 bits per heavy atom. The van der Waals surface area contributed by atoms with Gasteiger partial charge in [-0.1, -0.05) is 17.7 Å². The van der Waals surface area contributed by atoms with Gasteiger partial charge in [0.15, 0.2) is 5.65 Å². The lowest BCUT2D eigenvalue weighted by Gasteiger charge is -2.25. The zero-order valence-corrected chi connectivity index (χ0v) is 23.1. The number of aryl methyl sites for hydroxylation is 3. The summed E-state index contributed by atoms with van der Waals surface area (Å²) in [7, 11) is -0.151. The van der Waals surface area contributed by atoms with E-state index in [4.69, 9.17) is 21.3 Å². The van der Waals surface area contributed by atoms with Gasteiger partial charge in [0.2, 0.25) is 10.0 Å². The van der Waals surface area contributed by atoms with Gasteiger partial charge in [0.05, 0.1) is 29.0 Å². The Morgan fingerprint density at radius 1 is 1.14 bits per heavy atom. The molecule has 10 nitrogen and oxygen atoms in total. The number of fused-ring (bicyclic) bond motifs is 1. The van der Waals surface area contributed by atoms with Gasteiger partial charge in [0.25, 0.3) is 0 Å². The number of pyridine rings is 1. The van der Waals surface area contributed by atoms with Crippen LogP contribution in [0, 0.1) is 13.8 Å². The lowest BCUT2D eigenvalue weighted by molar-refractivity contribution is -0.0309. The minimum absolute atomic E-state index is 0.148. The number of ether oxygens (including phenoxy) is 1. The number of aromatic nitrogens is 5. The number of rotatable bonds is 6. The summed E-state index contributed by atoms with van der Waals surface area (Å²) >= 11 is 6.46. The summed E-state index contributed by atoms with van der Waals surface area (Å²) in [5.74, 6) is 0.772. The van der Waals surface area contributed by atoms with E-state index in [-0.39, 0.29) is 6.23 Å². The Kier molecular flexibility index (Phi) is 6.63. The van der Waals surface area contributed by atoms with Crippen LogP contribution in [0.25, 0.3) is 22.4 Å². The summed E-state index contributed by atoms with van der Waals surface area (Å²) in [5.41, 5.74) is 5.48. The van der Waals surface area contributed by atoms with Crippen molar-refractivity contribution in [1.82, 2.24) is 24.3 Å². The highest BCUT2D eigenvalue weighted by molar-refractivity contribution is 7.92. The molecule has 0 spiro atoms. The Hall–Kier alpha value is -3.15. The van der Waals surface area contributed by atoms with Crippen molar-refractivity contribution >= 4 is 49.9 Å². The van der Waals surface area contributed by atoms with Crippen LogP contribution in [0.3, 0.4) is 0 Å². The molecule has 1 unspecified atom stereocenters. The van der Waals surface area contributed by atoms with Crippen molar-refractivity contribution in [3.05, 3.63) is 47.0 Å². The number of anilines is 3. The molecule has 5 rings (SSSR count). The maximum atomic E-state index is 12.5. The summed E-state index contributed by atoms with van der Waals surface area (Å²) in [6, 6.07) is 9.21. The van der Waals surface area contributed by atoms with Crippen LogP contribution in [0.1, 0.15) is 37.0 Å². The van der Waals surface area contributed by atoms with E-state index in [9.17, 15) is 8.42 Å². The maximum absolute atomic E-state index is 12.5. The number of halogens is 1. The van der Waals surface area contributed by atoms with E-state index >= 15 is 0 Å². The van der Waals surface area contributed by atoms with E-state index in [2.05, 4.69) is 15.4 Å². The predicted octanol–water partition coefficient (Wildman–Crippen LogP) is 4.94. The second-order valence-corrected chi connectivity index (χ2v) is 11.8. The van der Waals surface area contributed by atoms with Crippen LogP contribution in [-0.4, -0.2) is 52.6 Å². The van der Waals surface area contributed by atoms with Crippen LogP contribution in [0.4, 0.5) is 17.1 Å². The van der Waals surface area contributed by atoms with Gasteiger partial charge >= 0.3 is 0 Å². The summed E-state index contributed by atoms with van der Waals surface area (Å²) < 4.78 is 36.1. The minimum atomic E-state index is -3.55. The number of hydrogen-bond donors (Lipinski definition) is 1. The van der Waals surface area contributed by atoms with E-state index in [0.29, 0.717) is 40.0 Å². The summed E-state index contributed by atoms with van der Waals surface area (Å²) in [6.07, 6.45) is 4.00. The molecule has 0 radical (unpaired) electrons. The average Bonchev–Trinajstić information content (AvgIpc) is 3.36. The molecule has 1 aromatic carbocycles. The molecule has 4 aromatic rings. The second-order valence-electron chi connectivity index (χ2n) is 9.40. The lowest BCUT2D eigenvalue weighted by Crippen LogP contribution is -2.25.